The molecule has 5 nitrogen and oxygen atoms in total. The Morgan fingerprint density at radius 3 is 3.00 bits per heavy atom. The smallest absolute Gasteiger partial charge is 0.0945 e. The number of nitrogens with two attached hydrogens (primary N) is 1. The SMILES string of the molecule is CC1CN(CCCn2ccnc2)CC(CN)O1. The fraction of sp³-hybridized carbons (Fsp3) is 0.750. The van der Waals surface area contributed by atoms with Crippen LogP contribution in [0.5, 0.6) is 0 Å². The van der Waals surface area contributed by atoms with Gasteiger partial charge in [-0.1, -0.05) is 0 Å². The molecule has 1 aromatic rings. The van der Waals surface area contributed by atoms with Crippen molar-refractivity contribution >= 4 is 0 Å². The molecule has 0 spiro atoms. The zero-order valence-electron chi connectivity index (χ0n) is 10.5. The lowest BCUT2D eigenvalue weighted by Crippen LogP contribution is -2.49. The number of aryl methyl sites for hydroxylation is 1. The largest absolute Gasteiger partial charge is 0.371 e. The van der Waals surface area contributed by atoms with E-state index in [9.17, 15) is 0 Å². The van der Waals surface area contributed by atoms with Crippen LogP contribution < -0.4 is 5.73 Å². The molecule has 1 aliphatic rings. The first-order valence-electron chi connectivity index (χ1n) is 6.31. The van der Waals surface area contributed by atoms with Crippen molar-refractivity contribution in [1.29, 1.82) is 0 Å². The third-order valence-corrected chi connectivity index (χ3v) is 3.11. The Hall–Kier alpha value is -0.910. The predicted octanol–water partition coefficient (Wildman–Crippen LogP) is 0.321. The Balaban J connectivity index is 1.71. The van der Waals surface area contributed by atoms with Gasteiger partial charge in [-0.25, -0.2) is 4.98 Å². The van der Waals surface area contributed by atoms with Gasteiger partial charge in [0, 0.05) is 45.1 Å². The van der Waals surface area contributed by atoms with Crippen LogP contribution in [0.2, 0.25) is 0 Å². The molecule has 0 aliphatic carbocycles. The van der Waals surface area contributed by atoms with E-state index in [0.717, 1.165) is 32.6 Å². The molecule has 1 aromatic heterocycles. The second-order valence-electron chi connectivity index (χ2n) is 4.72. The summed E-state index contributed by atoms with van der Waals surface area (Å²) in [6, 6.07) is 0. The van der Waals surface area contributed by atoms with Gasteiger partial charge in [0.1, 0.15) is 0 Å². The maximum absolute atomic E-state index is 5.74. The lowest BCUT2D eigenvalue weighted by Gasteiger charge is -2.36. The van der Waals surface area contributed by atoms with Crippen molar-refractivity contribution in [3.8, 4) is 0 Å². The molecule has 0 amide bonds. The molecular weight excluding hydrogens is 216 g/mol. The Kier molecular flexibility index (Phi) is 4.53. The van der Waals surface area contributed by atoms with Crippen molar-refractivity contribution < 1.29 is 4.74 Å². The van der Waals surface area contributed by atoms with Crippen molar-refractivity contribution in [2.24, 2.45) is 5.73 Å². The molecule has 2 rings (SSSR count). The monoisotopic (exact) mass is 238 g/mol. The Labute approximate surface area is 103 Å². The molecule has 1 saturated heterocycles. The van der Waals surface area contributed by atoms with E-state index >= 15 is 0 Å². The molecule has 2 heterocycles. The third kappa shape index (κ3) is 3.80. The Morgan fingerprint density at radius 1 is 1.41 bits per heavy atom. The number of nitrogens with zero attached hydrogens (tertiary/aromatic N) is 3. The summed E-state index contributed by atoms with van der Waals surface area (Å²) >= 11 is 0. The summed E-state index contributed by atoms with van der Waals surface area (Å²) in [4.78, 5) is 6.48. The van der Waals surface area contributed by atoms with Gasteiger partial charge in [-0.2, -0.15) is 0 Å². The van der Waals surface area contributed by atoms with Crippen molar-refractivity contribution in [3.63, 3.8) is 0 Å². The minimum Gasteiger partial charge on any atom is -0.371 e. The van der Waals surface area contributed by atoms with E-state index in [1.165, 1.54) is 0 Å². The standard InChI is InChI=1S/C12H22N4O/c1-11-8-16(9-12(7-13)17-11)5-2-4-15-6-3-14-10-15/h3,6,10-12H,2,4-5,7-9,13H2,1H3. The molecule has 2 unspecified atom stereocenters. The summed E-state index contributed by atoms with van der Waals surface area (Å²) in [7, 11) is 0. The molecule has 0 radical (unpaired) electrons. The van der Waals surface area contributed by atoms with Gasteiger partial charge in [0.05, 0.1) is 18.5 Å². The average Bonchev–Trinajstić information content (AvgIpc) is 2.81. The van der Waals surface area contributed by atoms with Gasteiger partial charge in [-0.05, 0) is 13.3 Å². The van der Waals surface area contributed by atoms with Crippen LogP contribution in [0.25, 0.3) is 0 Å². The number of rotatable bonds is 5. The van der Waals surface area contributed by atoms with Crippen LogP contribution in [-0.2, 0) is 11.3 Å². The topological polar surface area (TPSA) is 56.3 Å². The first-order chi connectivity index (χ1) is 8.28. The van der Waals surface area contributed by atoms with Crippen molar-refractivity contribution in [3.05, 3.63) is 18.7 Å². The highest BCUT2D eigenvalue weighted by Crippen LogP contribution is 2.10. The first kappa shape index (κ1) is 12.5. The van der Waals surface area contributed by atoms with Crippen LogP contribution in [0.3, 0.4) is 0 Å². The van der Waals surface area contributed by atoms with Crippen LogP contribution in [0.15, 0.2) is 18.7 Å². The van der Waals surface area contributed by atoms with Gasteiger partial charge in [0.2, 0.25) is 0 Å². The fourth-order valence-corrected chi connectivity index (χ4v) is 2.35. The lowest BCUT2D eigenvalue weighted by molar-refractivity contribution is -0.0723. The van der Waals surface area contributed by atoms with Crippen LogP contribution in [0.4, 0.5) is 0 Å². The van der Waals surface area contributed by atoms with Crippen LogP contribution in [-0.4, -0.2) is 52.8 Å². The van der Waals surface area contributed by atoms with Crippen LogP contribution in [0.1, 0.15) is 13.3 Å². The van der Waals surface area contributed by atoms with Gasteiger partial charge in [-0.15, -0.1) is 0 Å². The summed E-state index contributed by atoms with van der Waals surface area (Å²) in [5.74, 6) is 0. The van der Waals surface area contributed by atoms with Gasteiger partial charge < -0.3 is 15.0 Å². The van der Waals surface area contributed by atoms with E-state index in [2.05, 4.69) is 21.4 Å². The lowest BCUT2D eigenvalue weighted by atomic mass is 10.2. The number of hydrogen-bond donors (Lipinski definition) is 1. The highest BCUT2D eigenvalue weighted by molar-refractivity contribution is 4.77. The summed E-state index contributed by atoms with van der Waals surface area (Å²) in [6.45, 7) is 6.83. The summed E-state index contributed by atoms with van der Waals surface area (Å²) < 4.78 is 7.85. The molecule has 96 valence electrons. The van der Waals surface area contributed by atoms with E-state index in [1.807, 2.05) is 18.7 Å². The Bertz CT molecular complexity index is 314. The number of imidazole rings is 1. The van der Waals surface area contributed by atoms with Crippen LogP contribution in [0, 0.1) is 0 Å². The zero-order valence-corrected chi connectivity index (χ0v) is 10.5. The van der Waals surface area contributed by atoms with E-state index in [0.29, 0.717) is 12.6 Å². The van der Waals surface area contributed by atoms with E-state index in [1.54, 1.807) is 0 Å². The number of aromatic nitrogens is 2. The maximum Gasteiger partial charge on any atom is 0.0945 e. The maximum atomic E-state index is 5.74. The quantitative estimate of drug-likeness (QED) is 0.802. The molecule has 0 aromatic carbocycles. The van der Waals surface area contributed by atoms with E-state index in [-0.39, 0.29) is 6.10 Å². The first-order valence-corrected chi connectivity index (χ1v) is 6.31. The number of hydrogen-bond acceptors (Lipinski definition) is 4. The van der Waals surface area contributed by atoms with Crippen molar-refractivity contribution in [1.82, 2.24) is 14.5 Å². The van der Waals surface area contributed by atoms with Crippen molar-refractivity contribution in [2.75, 3.05) is 26.2 Å². The number of morpholine rings is 1. The summed E-state index contributed by atoms with van der Waals surface area (Å²) in [5.41, 5.74) is 5.67. The molecule has 17 heavy (non-hydrogen) atoms. The second kappa shape index (κ2) is 6.14. The van der Waals surface area contributed by atoms with E-state index in [4.69, 9.17) is 10.5 Å². The predicted molar refractivity (Wildman–Crippen MR) is 66.7 cm³/mol. The highest BCUT2D eigenvalue weighted by atomic mass is 16.5. The summed E-state index contributed by atoms with van der Waals surface area (Å²) in [6.07, 6.45) is 7.33. The average molecular weight is 238 g/mol. The molecule has 5 heteroatoms. The normalized spacial score (nSPS) is 26.2. The minimum atomic E-state index is 0.201. The van der Waals surface area contributed by atoms with Gasteiger partial charge in [0.15, 0.2) is 0 Å². The van der Waals surface area contributed by atoms with Gasteiger partial charge >= 0.3 is 0 Å². The molecule has 2 atom stereocenters. The van der Waals surface area contributed by atoms with E-state index < -0.39 is 0 Å². The fourth-order valence-electron chi connectivity index (χ4n) is 2.35. The molecule has 0 saturated carbocycles. The summed E-state index contributed by atoms with van der Waals surface area (Å²) in [5, 5.41) is 0. The van der Waals surface area contributed by atoms with Gasteiger partial charge in [-0.3, -0.25) is 4.90 Å². The second-order valence-corrected chi connectivity index (χ2v) is 4.72. The third-order valence-electron chi connectivity index (χ3n) is 3.11. The number of ether oxygens (including phenoxy) is 1. The van der Waals surface area contributed by atoms with Crippen LogP contribution >= 0.6 is 0 Å². The molecule has 1 fully saturated rings. The molecule has 2 N–H and O–H groups in total. The minimum absolute atomic E-state index is 0.201. The molecule has 0 bridgehead atoms. The Morgan fingerprint density at radius 2 is 2.29 bits per heavy atom. The zero-order chi connectivity index (χ0) is 12.1. The molecule has 1 aliphatic heterocycles. The molecular formula is C12H22N4O. The highest BCUT2D eigenvalue weighted by Gasteiger charge is 2.23. The van der Waals surface area contributed by atoms with Crippen molar-refractivity contribution in [2.45, 2.75) is 32.1 Å². The van der Waals surface area contributed by atoms with Gasteiger partial charge in [0.25, 0.3) is 0 Å².